The summed E-state index contributed by atoms with van der Waals surface area (Å²) in [5.74, 6) is 0.830. The van der Waals surface area contributed by atoms with Gasteiger partial charge in [-0.1, -0.05) is 49.6 Å². The number of rotatable bonds is 9. The van der Waals surface area contributed by atoms with E-state index in [1.807, 2.05) is 43.9 Å². The van der Waals surface area contributed by atoms with Crippen LogP contribution in [0.3, 0.4) is 0 Å². The van der Waals surface area contributed by atoms with Crippen molar-refractivity contribution in [1.82, 2.24) is 15.1 Å². The van der Waals surface area contributed by atoms with Crippen LogP contribution < -0.4 is 5.32 Å². The monoisotopic (exact) mass is 525 g/mol. The standard InChI is InChI=1S/C31H47N3O4/c1-21(35)14-25-16-26(15-22-10-6-5-7-11-22)34(30(25)38)20-27(36)19-33-18-24-13-9-8-12-23(24)17-28(33)29(37)32-31(2,3)4/h5-7,10-11,23-28,36H,8-9,12-20H2,1-4H3,(H,32,37)/t23-,24+,25?,26?,27?,28?/m0/s1. The Labute approximate surface area is 228 Å². The number of hydrogen-bond donors (Lipinski definition) is 2. The lowest BCUT2D eigenvalue weighted by molar-refractivity contribution is -0.137. The van der Waals surface area contributed by atoms with E-state index in [1.54, 1.807) is 0 Å². The largest absolute Gasteiger partial charge is 0.390 e. The number of piperidine rings is 1. The van der Waals surface area contributed by atoms with E-state index in [-0.39, 0.29) is 54.1 Å². The topological polar surface area (TPSA) is 90.0 Å². The highest BCUT2D eigenvalue weighted by atomic mass is 16.3. The maximum Gasteiger partial charge on any atom is 0.237 e. The van der Waals surface area contributed by atoms with Gasteiger partial charge in [0.25, 0.3) is 0 Å². The number of β-amino-alcohol motifs (C(OH)–C–C–N with tert-alkyl or cyclic N) is 1. The molecule has 4 rings (SSSR count). The van der Waals surface area contributed by atoms with Crippen LogP contribution in [0.1, 0.15) is 78.2 Å². The van der Waals surface area contributed by atoms with Crippen LogP contribution in [0.4, 0.5) is 0 Å². The lowest BCUT2D eigenvalue weighted by Crippen LogP contribution is -2.59. The number of nitrogens with zero attached hydrogens (tertiary/aromatic N) is 2. The summed E-state index contributed by atoms with van der Waals surface area (Å²) >= 11 is 0. The van der Waals surface area contributed by atoms with Crippen LogP contribution >= 0.6 is 0 Å². The lowest BCUT2D eigenvalue weighted by Gasteiger charge is -2.46. The summed E-state index contributed by atoms with van der Waals surface area (Å²) in [7, 11) is 0. The highest BCUT2D eigenvalue weighted by molar-refractivity contribution is 5.87. The normalized spacial score (nSPS) is 29.1. The van der Waals surface area contributed by atoms with Crippen molar-refractivity contribution in [2.24, 2.45) is 17.8 Å². The Morgan fingerprint density at radius 3 is 2.39 bits per heavy atom. The van der Waals surface area contributed by atoms with Gasteiger partial charge in [-0.2, -0.15) is 0 Å². The smallest absolute Gasteiger partial charge is 0.237 e. The minimum absolute atomic E-state index is 0.0206. The first kappa shape index (κ1) is 28.8. The van der Waals surface area contributed by atoms with Crippen molar-refractivity contribution >= 4 is 17.6 Å². The van der Waals surface area contributed by atoms with E-state index < -0.39 is 6.10 Å². The zero-order valence-corrected chi connectivity index (χ0v) is 23.7. The molecule has 2 aliphatic heterocycles. The highest BCUT2D eigenvalue weighted by Crippen LogP contribution is 2.39. The second-order valence-corrected chi connectivity index (χ2v) is 13.1. The number of aliphatic hydroxyl groups is 1. The molecule has 2 amide bonds. The molecule has 0 aromatic heterocycles. The molecule has 1 aromatic carbocycles. The third kappa shape index (κ3) is 7.44. The molecule has 7 heteroatoms. The maximum atomic E-state index is 13.4. The molecule has 0 spiro atoms. The Morgan fingerprint density at radius 2 is 1.74 bits per heavy atom. The first-order chi connectivity index (χ1) is 18.0. The van der Waals surface area contributed by atoms with E-state index in [4.69, 9.17) is 0 Å². The molecule has 3 aliphatic rings. The molecule has 7 nitrogen and oxygen atoms in total. The molecule has 0 bridgehead atoms. The fourth-order valence-corrected chi connectivity index (χ4v) is 6.99. The van der Waals surface area contributed by atoms with Crippen LogP contribution in [-0.2, 0) is 20.8 Å². The highest BCUT2D eigenvalue weighted by Gasteiger charge is 2.43. The van der Waals surface area contributed by atoms with Gasteiger partial charge in [0.05, 0.1) is 12.1 Å². The summed E-state index contributed by atoms with van der Waals surface area (Å²) < 4.78 is 0. The zero-order chi connectivity index (χ0) is 27.4. The molecule has 4 unspecified atom stereocenters. The van der Waals surface area contributed by atoms with Crippen LogP contribution in [0.5, 0.6) is 0 Å². The van der Waals surface area contributed by atoms with Crippen LogP contribution in [0.25, 0.3) is 0 Å². The predicted octanol–water partition coefficient (Wildman–Crippen LogP) is 3.58. The van der Waals surface area contributed by atoms with Gasteiger partial charge in [-0.3, -0.25) is 14.5 Å². The number of amides is 2. The molecule has 6 atom stereocenters. The van der Waals surface area contributed by atoms with Gasteiger partial charge in [-0.25, -0.2) is 0 Å². The average Bonchev–Trinajstić information content (AvgIpc) is 3.11. The van der Waals surface area contributed by atoms with Gasteiger partial charge in [0.1, 0.15) is 5.78 Å². The molecule has 38 heavy (non-hydrogen) atoms. The van der Waals surface area contributed by atoms with Crippen molar-refractivity contribution in [3.63, 3.8) is 0 Å². The van der Waals surface area contributed by atoms with Gasteiger partial charge in [0.2, 0.25) is 11.8 Å². The van der Waals surface area contributed by atoms with Crippen LogP contribution in [0, 0.1) is 17.8 Å². The first-order valence-corrected chi connectivity index (χ1v) is 14.6. The third-order valence-electron chi connectivity index (χ3n) is 8.63. The molecule has 3 fully saturated rings. The van der Waals surface area contributed by atoms with Crippen LogP contribution in [0.15, 0.2) is 30.3 Å². The number of hydrogen-bond acceptors (Lipinski definition) is 5. The number of likely N-dealkylation sites (tertiary alicyclic amines) is 2. The Morgan fingerprint density at radius 1 is 1.05 bits per heavy atom. The number of Topliss-reactive ketones (excluding diaryl/α,β-unsaturated/α-hetero) is 1. The Hall–Kier alpha value is -2.25. The molecule has 0 radical (unpaired) electrons. The van der Waals surface area contributed by atoms with E-state index >= 15 is 0 Å². The van der Waals surface area contributed by atoms with Gasteiger partial charge in [0.15, 0.2) is 0 Å². The number of carbonyl (C=O) groups is 3. The van der Waals surface area contributed by atoms with Crippen LogP contribution in [-0.4, -0.2) is 75.9 Å². The molecule has 2 saturated heterocycles. The summed E-state index contributed by atoms with van der Waals surface area (Å²) in [5.41, 5.74) is 0.829. The molecular weight excluding hydrogens is 478 g/mol. The van der Waals surface area contributed by atoms with E-state index in [0.29, 0.717) is 31.2 Å². The number of carbonyl (C=O) groups excluding carboxylic acids is 3. The number of ketones is 1. The van der Waals surface area contributed by atoms with E-state index in [0.717, 1.165) is 18.5 Å². The van der Waals surface area contributed by atoms with Crippen molar-refractivity contribution in [1.29, 1.82) is 0 Å². The van der Waals surface area contributed by atoms with Crippen LogP contribution in [0.2, 0.25) is 0 Å². The van der Waals surface area contributed by atoms with E-state index in [1.165, 1.54) is 32.6 Å². The van der Waals surface area contributed by atoms with Crippen molar-refractivity contribution in [2.75, 3.05) is 19.6 Å². The fourth-order valence-electron chi connectivity index (χ4n) is 6.99. The average molecular weight is 526 g/mol. The SMILES string of the molecule is CC(=O)CC1CC(Cc2ccccc2)N(CC(O)CN2C[C@H]3CCCC[C@H]3CC2C(=O)NC(C)(C)C)C1=O. The number of aliphatic hydroxyl groups excluding tert-OH is 1. The third-order valence-corrected chi connectivity index (χ3v) is 8.63. The van der Waals surface area contributed by atoms with E-state index in [2.05, 4.69) is 22.3 Å². The molecule has 1 aromatic rings. The molecule has 2 heterocycles. The molecule has 1 aliphatic carbocycles. The Balaban J connectivity index is 1.47. The minimum atomic E-state index is -0.765. The van der Waals surface area contributed by atoms with Gasteiger partial charge >= 0.3 is 0 Å². The Bertz CT molecular complexity index is 975. The summed E-state index contributed by atoms with van der Waals surface area (Å²) in [4.78, 5) is 42.6. The molecule has 2 N–H and O–H groups in total. The van der Waals surface area contributed by atoms with Gasteiger partial charge in [-0.05, 0) is 70.8 Å². The first-order valence-electron chi connectivity index (χ1n) is 14.6. The Kier molecular flexibility index (Phi) is 9.30. The molecule has 210 valence electrons. The quantitative estimate of drug-likeness (QED) is 0.514. The van der Waals surface area contributed by atoms with Gasteiger partial charge in [-0.15, -0.1) is 0 Å². The summed E-state index contributed by atoms with van der Waals surface area (Å²) in [5, 5.41) is 14.5. The van der Waals surface area contributed by atoms with Crippen molar-refractivity contribution in [3.05, 3.63) is 35.9 Å². The fraction of sp³-hybridized carbons (Fsp3) is 0.710. The lowest BCUT2D eigenvalue weighted by atomic mass is 9.72. The van der Waals surface area contributed by atoms with Gasteiger partial charge in [0, 0.05) is 43.6 Å². The predicted molar refractivity (Wildman–Crippen MR) is 148 cm³/mol. The van der Waals surface area contributed by atoms with Crippen molar-refractivity contribution in [2.45, 2.75) is 103 Å². The zero-order valence-electron chi connectivity index (χ0n) is 23.7. The molecule has 1 saturated carbocycles. The number of fused-ring (bicyclic) bond motifs is 1. The molecular formula is C31H47N3O4. The second-order valence-electron chi connectivity index (χ2n) is 13.1. The summed E-state index contributed by atoms with van der Waals surface area (Å²) in [6.07, 6.45) is 6.49. The second kappa shape index (κ2) is 12.3. The summed E-state index contributed by atoms with van der Waals surface area (Å²) in [6.45, 7) is 8.94. The van der Waals surface area contributed by atoms with Crippen molar-refractivity contribution in [3.8, 4) is 0 Å². The van der Waals surface area contributed by atoms with E-state index in [9.17, 15) is 19.5 Å². The maximum absolute atomic E-state index is 13.4. The number of benzene rings is 1. The number of nitrogens with one attached hydrogen (secondary N) is 1. The van der Waals surface area contributed by atoms with Crippen molar-refractivity contribution < 1.29 is 19.5 Å². The minimum Gasteiger partial charge on any atom is -0.390 e. The van der Waals surface area contributed by atoms with Gasteiger partial charge < -0.3 is 20.1 Å². The summed E-state index contributed by atoms with van der Waals surface area (Å²) in [6, 6.07) is 9.78.